The molecule has 7 nitrogen and oxygen atoms in total. The maximum absolute atomic E-state index is 12.1. The lowest BCUT2D eigenvalue weighted by molar-refractivity contribution is -0.645. The molecule has 1 saturated heterocycles. The lowest BCUT2D eigenvalue weighted by Gasteiger charge is -2.41. The fourth-order valence-corrected chi connectivity index (χ4v) is 5.19. The summed E-state index contributed by atoms with van der Waals surface area (Å²) in [5.41, 5.74) is 2.83. The molecule has 1 amide bonds. The average Bonchev–Trinajstić information content (AvgIpc) is 2.88. The molecule has 37 heavy (non-hydrogen) atoms. The highest BCUT2D eigenvalue weighted by Gasteiger charge is 2.39. The van der Waals surface area contributed by atoms with Crippen molar-refractivity contribution in [2.24, 2.45) is 5.92 Å². The summed E-state index contributed by atoms with van der Waals surface area (Å²) >= 11 is 18.5. The Bertz CT molecular complexity index is 1230. The van der Waals surface area contributed by atoms with Gasteiger partial charge in [-0.25, -0.2) is 0 Å². The molecule has 2 aromatic carbocycles. The van der Waals surface area contributed by atoms with Crippen LogP contribution in [0.2, 0.25) is 0 Å². The number of halogens is 3. The summed E-state index contributed by atoms with van der Waals surface area (Å²) in [6.45, 7) is 1.99. The van der Waals surface area contributed by atoms with Gasteiger partial charge in [-0.05, 0) is 29.3 Å². The van der Waals surface area contributed by atoms with Gasteiger partial charge < -0.3 is 25.1 Å². The van der Waals surface area contributed by atoms with Gasteiger partial charge in [0.1, 0.15) is 0 Å². The van der Waals surface area contributed by atoms with E-state index in [1.165, 1.54) is 18.0 Å². The number of ether oxygens (including phenoxy) is 2. The minimum atomic E-state index is -2.10. The largest absolute Gasteiger partial charge is 0.618 e. The van der Waals surface area contributed by atoms with Crippen molar-refractivity contribution in [1.82, 2.24) is 0 Å². The number of alkyl halides is 3. The van der Waals surface area contributed by atoms with Crippen LogP contribution in [0.5, 0.6) is 0 Å². The van der Waals surface area contributed by atoms with Crippen molar-refractivity contribution in [3.63, 3.8) is 0 Å². The molecule has 0 aliphatic carbocycles. The number of aromatic nitrogens is 1. The lowest BCUT2D eigenvalue weighted by atomic mass is 9.91. The summed E-state index contributed by atoms with van der Waals surface area (Å²) < 4.78 is 11.5. The molecule has 2 heterocycles. The maximum atomic E-state index is 12.1. The molecule has 1 aliphatic heterocycles. The van der Waals surface area contributed by atoms with Gasteiger partial charge in [-0.1, -0.05) is 89.9 Å². The van der Waals surface area contributed by atoms with Gasteiger partial charge in [-0.2, -0.15) is 4.73 Å². The standard InChI is InChI=1S/C26H25Cl3N2O5S/c1-16-21(15-37-22-7-2-3-12-31(22)34)35-24(36-23(16)18-10-8-17(14-32)9-11-18)19-5-4-6-20(13-19)30-25(33)26(27,28)29/h2-13,16,21,23-24,32H,14-15H2,1H3,(H,30,33). The third-order valence-electron chi connectivity index (χ3n) is 5.98. The van der Waals surface area contributed by atoms with E-state index in [4.69, 9.17) is 44.3 Å². The number of carbonyl (C=O) groups is 1. The fraction of sp³-hybridized carbons (Fsp3) is 0.308. The molecule has 0 radical (unpaired) electrons. The Morgan fingerprint density at radius 2 is 1.84 bits per heavy atom. The molecular formula is C26H25Cl3N2O5S. The number of nitrogens with zero attached hydrogens (tertiary/aromatic N) is 1. The van der Waals surface area contributed by atoms with Crippen LogP contribution in [-0.2, 0) is 20.9 Å². The van der Waals surface area contributed by atoms with Crippen LogP contribution in [0.15, 0.2) is 78.0 Å². The molecule has 4 atom stereocenters. The topological polar surface area (TPSA) is 94.7 Å². The first-order valence-electron chi connectivity index (χ1n) is 11.5. The van der Waals surface area contributed by atoms with Gasteiger partial charge >= 0.3 is 0 Å². The zero-order valence-corrected chi connectivity index (χ0v) is 22.8. The molecular weight excluding hydrogens is 559 g/mol. The van der Waals surface area contributed by atoms with E-state index in [0.717, 1.165) is 15.9 Å². The molecule has 11 heteroatoms. The van der Waals surface area contributed by atoms with E-state index in [-0.39, 0.29) is 24.7 Å². The second-order valence-electron chi connectivity index (χ2n) is 8.57. The van der Waals surface area contributed by atoms with Crippen LogP contribution in [0.3, 0.4) is 0 Å². The third-order valence-corrected chi connectivity index (χ3v) is 7.60. The third kappa shape index (κ3) is 7.09. The predicted octanol–water partition coefficient (Wildman–Crippen LogP) is 5.70. The van der Waals surface area contributed by atoms with Gasteiger partial charge in [0.15, 0.2) is 12.5 Å². The zero-order valence-electron chi connectivity index (χ0n) is 19.7. The number of hydrogen-bond acceptors (Lipinski definition) is 6. The Kier molecular flexibility index (Phi) is 9.24. The molecule has 196 valence electrons. The predicted molar refractivity (Wildman–Crippen MR) is 144 cm³/mol. The smallest absolute Gasteiger partial charge is 0.276 e. The highest BCUT2D eigenvalue weighted by atomic mass is 35.6. The molecule has 0 bridgehead atoms. The van der Waals surface area contributed by atoms with Crippen molar-refractivity contribution in [2.45, 2.75) is 40.8 Å². The van der Waals surface area contributed by atoms with Crippen LogP contribution >= 0.6 is 46.6 Å². The van der Waals surface area contributed by atoms with Crippen molar-refractivity contribution >= 4 is 58.2 Å². The van der Waals surface area contributed by atoms with Crippen LogP contribution < -0.4 is 10.0 Å². The van der Waals surface area contributed by atoms with Gasteiger partial charge in [-0.15, -0.1) is 0 Å². The van der Waals surface area contributed by atoms with Crippen LogP contribution in [0, 0.1) is 11.1 Å². The van der Waals surface area contributed by atoms with E-state index in [1.807, 2.05) is 43.3 Å². The number of thioether (sulfide) groups is 1. The second kappa shape index (κ2) is 12.2. The van der Waals surface area contributed by atoms with E-state index >= 15 is 0 Å². The first-order valence-corrected chi connectivity index (χ1v) is 13.6. The Labute approximate surface area is 234 Å². The van der Waals surface area contributed by atoms with E-state index in [9.17, 15) is 15.1 Å². The minimum Gasteiger partial charge on any atom is -0.618 e. The van der Waals surface area contributed by atoms with Crippen molar-refractivity contribution < 1.29 is 24.1 Å². The van der Waals surface area contributed by atoms with E-state index in [0.29, 0.717) is 22.0 Å². The number of benzene rings is 2. The molecule has 4 unspecified atom stereocenters. The van der Waals surface area contributed by atoms with Gasteiger partial charge in [0.2, 0.25) is 0 Å². The number of anilines is 1. The summed E-state index contributed by atoms with van der Waals surface area (Å²) in [7, 11) is 0. The highest BCUT2D eigenvalue weighted by Crippen LogP contribution is 2.43. The number of carbonyl (C=O) groups excluding carboxylic acids is 1. The number of aliphatic hydroxyl groups is 1. The first kappa shape index (κ1) is 28.0. The lowest BCUT2D eigenvalue weighted by Crippen LogP contribution is -2.39. The van der Waals surface area contributed by atoms with Crippen molar-refractivity contribution in [3.8, 4) is 0 Å². The zero-order chi connectivity index (χ0) is 26.6. The number of hydrogen-bond donors (Lipinski definition) is 2. The van der Waals surface area contributed by atoms with Crippen LogP contribution in [0.25, 0.3) is 0 Å². The van der Waals surface area contributed by atoms with Crippen molar-refractivity contribution in [1.29, 1.82) is 0 Å². The number of pyridine rings is 1. The number of aliphatic hydroxyl groups excluding tert-OH is 1. The SMILES string of the molecule is CC1C(CSc2cccc[n+]2[O-])OC(c2cccc(NC(=O)C(Cl)(Cl)Cl)c2)OC1c1ccc(CO)cc1. The Balaban J connectivity index is 1.60. The molecule has 1 aliphatic rings. The van der Waals surface area contributed by atoms with Gasteiger partial charge in [-0.3, -0.25) is 4.79 Å². The normalized spacial score (nSPS) is 22.0. The summed E-state index contributed by atoms with van der Waals surface area (Å²) in [4.78, 5) is 12.1. The van der Waals surface area contributed by atoms with Crippen LogP contribution in [0.4, 0.5) is 5.69 Å². The molecule has 1 fully saturated rings. The van der Waals surface area contributed by atoms with E-state index in [2.05, 4.69) is 5.32 Å². The van der Waals surface area contributed by atoms with Gasteiger partial charge in [0.05, 0.1) is 18.8 Å². The summed E-state index contributed by atoms with van der Waals surface area (Å²) in [5, 5.41) is 24.7. The quantitative estimate of drug-likeness (QED) is 0.160. The Morgan fingerprint density at radius 3 is 2.51 bits per heavy atom. The highest BCUT2D eigenvalue weighted by molar-refractivity contribution is 7.99. The van der Waals surface area contributed by atoms with Crippen molar-refractivity contribution in [3.05, 3.63) is 94.8 Å². The molecule has 3 aromatic rings. The Hall–Kier alpha value is -2.04. The van der Waals surface area contributed by atoms with E-state index < -0.39 is 16.0 Å². The molecule has 4 rings (SSSR count). The minimum absolute atomic E-state index is 0.0503. The summed E-state index contributed by atoms with van der Waals surface area (Å²) in [6, 6.07) is 19.8. The maximum Gasteiger partial charge on any atom is 0.276 e. The molecule has 0 saturated carbocycles. The number of amides is 1. The molecule has 1 aromatic heterocycles. The summed E-state index contributed by atoms with van der Waals surface area (Å²) in [6.07, 6.45) is 0.101. The Morgan fingerprint density at radius 1 is 1.08 bits per heavy atom. The van der Waals surface area contributed by atoms with Crippen LogP contribution in [-0.4, -0.2) is 26.7 Å². The average molecular weight is 584 g/mol. The fourth-order valence-electron chi connectivity index (χ4n) is 3.97. The van der Waals surface area contributed by atoms with Gasteiger partial charge in [0.25, 0.3) is 14.7 Å². The molecule has 2 N–H and O–H groups in total. The molecule has 0 spiro atoms. The second-order valence-corrected chi connectivity index (χ2v) is 11.9. The van der Waals surface area contributed by atoms with Gasteiger partial charge in [0, 0.05) is 35.1 Å². The van der Waals surface area contributed by atoms with E-state index in [1.54, 1.807) is 30.3 Å². The first-order chi connectivity index (χ1) is 17.7. The monoisotopic (exact) mass is 582 g/mol. The van der Waals surface area contributed by atoms with Crippen LogP contribution in [0.1, 0.15) is 36.0 Å². The summed E-state index contributed by atoms with van der Waals surface area (Å²) in [5.74, 6) is -0.319. The van der Waals surface area contributed by atoms with Crippen molar-refractivity contribution in [2.75, 3.05) is 11.1 Å². The number of nitrogens with one attached hydrogen (secondary N) is 1. The number of rotatable bonds is 7.